The molecule has 0 aliphatic rings. The molecule has 0 radical (unpaired) electrons. The fourth-order valence-electron chi connectivity index (χ4n) is 1.59. The molecule has 0 saturated carbocycles. The van der Waals surface area contributed by atoms with Gasteiger partial charge >= 0.3 is 5.97 Å². The number of rotatable bonds is 4. The molecule has 21 heavy (non-hydrogen) atoms. The number of thiophene rings is 1. The molecule has 1 heterocycles. The molecule has 1 amide bonds. The molecule has 2 aromatic rings. The van der Waals surface area contributed by atoms with Crippen LogP contribution in [0.4, 0.5) is 0 Å². The highest BCUT2D eigenvalue weighted by molar-refractivity contribution is 7.12. The molecule has 1 aromatic carbocycles. The summed E-state index contributed by atoms with van der Waals surface area (Å²) in [4.78, 5) is 23.2. The van der Waals surface area contributed by atoms with Crippen LogP contribution in [0, 0.1) is 0 Å². The minimum atomic E-state index is -0.364. The standard InChI is InChI=1S/C15H14N2O3S/c1-10(16-17-15(19)14-4-3-9-21-14)12-5-7-13(8-6-12)20-11(2)18/h3-9H,1-2H3,(H,17,19). The third-order valence-corrected chi connectivity index (χ3v) is 3.47. The van der Waals surface area contributed by atoms with Crippen LogP contribution in [-0.2, 0) is 4.79 Å². The summed E-state index contributed by atoms with van der Waals surface area (Å²) in [6.45, 7) is 3.14. The van der Waals surface area contributed by atoms with Gasteiger partial charge in [-0.25, -0.2) is 5.43 Å². The lowest BCUT2D eigenvalue weighted by molar-refractivity contribution is -0.131. The summed E-state index contributed by atoms with van der Waals surface area (Å²) in [5, 5.41) is 5.89. The molecule has 0 unspecified atom stereocenters. The van der Waals surface area contributed by atoms with Gasteiger partial charge in [0.05, 0.1) is 10.6 Å². The van der Waals surface area contributed by atoms with Crippen molar-refractivity contribution in [3.63, 3.8) is 0 Å². The molecule has 6 heteroatoms. The molecular formula is C15H14N2O3S. The van der Waals surface area contributed by atoms with Crippen LogP contribution >= 0.6 is 11.3 Å². The Morgan fingerprint density at radius 2 is 1.86 bits per heavy atom. The Morgan fingerprint density at radius 3 is 2.43 bits per heavy atom. The lowest BCUT2D eigenvalue weighted by Gasteiger charge is -2.04. The summed E-state index contributed by atoms with van der Waals surface area (Å²) in [5.41, 5.74) is 4.00. The van der Waals surface area contributed by atoms with Gasteiger partial charge in [-0.3, -0.25) is 9.59 Å². The summed E-state index contributed by atoms with van der Waals surface area (Å²) in [6, 6.07) is 10.4. The number of hydrazone groups is 1. The summed E-state index contributed by atoms with van der Waals surface area (Å²) < 4.78 is 4.95. The quantitative estimate of drug-likeness (QED) is 0.409. The number of amides is 1. The molecule has 108 valence electrons. The number of hydrogen-bond acceptors (Lipinski definition) is 5. The fraction of sp³-hybridized carbons (Fsp3) is 0.133. The third-order valence-electron chi connectivity index (χ3n) is 2.60. The van der Waals surface area contributed by atoms with Crippen molar-refractivity contribution in [2.75, 3.05) is 0 Å². The molecule has 0 saturated heterocycles. The van der Waals surface area contributed by atoms with Crippen molar-refractivity contribution in [1.29, 1.82) is 0 Å². The molecule has 0 spiro atoms. The first-order chi connectivity index (χ1) is 10.1. The van der Waals surface area contributed by atoms with E-state index in [2.05, 4.69) is 10.5 Å². The Morgan fingerprint density at radius 1 is 1.14 bits per heavy atom. The zero-order chi connectivity index (χ0) is 15.2. The van der Waals surface area contributed by atoms with E-state index in [9.17, 15) is 9.59 Å². The summed E-state index contributed by atoms with van der Waals surface area (Å²) in [6.07, 6.45) is 0. The highest BCUT2D eigenvalue weighted by Gasteiger charge is 2.05. The summed E-state index contributed by atoms with van der Waals surface area (Å²) >= 11 is 1.36. The Balaban J connectivity index is 2.02. The second-order valence-corrected chi connectivity index (χ2v) is 5.18. The van der Waals surface area contributed by atoms with Crippen LogP contribution in [0.2, 0.25) is 0 Å². The minimum absolute atomic E-state index is 0.235. The van der Waals surface area contributed by atoms with Crippen molar-refractivity contribution in [1.82, 2.24) is 5.43 Å². The zero-order valence-corrected chi connectivity index (χ0v) is 12.4. The molecular weight excluding hydrogens is 288 g/mol. The fourth-order valence-corrected chi connectivity index (χ4v) is 2.21. The van der Waals surface area contributed by atoms with Crippen LogP contribution in [0.3, 0.4) is 0 Å². The average Bonchev–Trinajstić information content (AvgIpc) is 2.99. The number of esters is 1. The van der Waals surface area contributed by atoms with E-state index in [1.165, 1.54) is 18.3 Å². The van der Waals surface area contributed by atoms with Gasteiger partial charge in [0.2, 0.25) is 0 Å². The second kappa shape index (κ2) is 6.81. The van der Waals surface area contributed by atoms with E-state index in [0.717, 1.165) is 5.56 Å². The van der Waals surface area contributed by atoms with Gasteiger partial charge in [-0.2, -0.15) is 5.10 Å². The van der Waals surface area contributed by atoms with Crippen molar-refractivity contribution in [2.24, 2.45) is 5.10 Å². The molecule has 0 aliphatic carbocycles. The smallest absolute Gasteiger partial charge is 0.308 e. The highest BCUT2D eigenvalue weighted by Crippen LogP contribution is 2.13. The predicted octanol–water partition coefficient (Wildman–Crippen LogP) is 2.83. The molecule has 0 bridgehead atoms. The maximum Gasteiger partial charge on any atom is 0.308 e. The molecule has 2 rings (SSSR count). The third kappa shape index (κ3) is 4.25. The molecule has 0 fully saturated rings. The number of carbonyl (C=O) groups is 2. The van der Waals surface area contributed by atoms with Crippen molar-refractivity contribution in [3.05, 3.63) is 52.2 Å². The number of nitrogens with one attached hydrogen (secondary N) is 1. The molecule has 0 aliphatic heterocycles. The molecule has 5 nitrogen and oxygen atoms in total. The lowest BCUT2D eigenvalue weighted by atomic mass is 10.1. The van der Waals surface area contributed by atoms with E-state index in [1.807, 2.05) is 11.4 Å². The van der Waals surface area contributed by atoms with Crippen LogP contribution in [0.5, 0.6) is 5.75 Å². The largest absolute Gasteiger partial charge is 0.427 e. The number of nitrogens with zero attached hydrogens (tertiary/aromatic N) is 1. The van der Waals surface area contributed by atoms with E-state index in [4.69, 9.17) is 4.74 Å². The SMILES string of the molecule is CC(=O)Oc1ccc(C(C)=NNC(=O)c2cccs2)cc1. The number of hydrogen-bond donors (Lipinski definition) is 1. The first-order valence-corrected chi connectivity index (χ1v) is 7.11. The first-order valence-electron chi connectivity index (χ1n) is 6.23. The monoisotopic (exact) mass is 302 g/mol. The first kappa shape index (κ1) is 14.9. The average molecular weight is 302 g/mol. The van der Waals surface area contributed by atoms with Crippen molar-refractivity contribution in [3.8, 4) is 5.75 Å². The number of ether oxygens (including phenoxy) is 1. The minimum Gasteiger partial charge on any atom is -0.427 e. The van der Waals surface area contributed by atoms with E-state index in [-0.39, 0.29) is 11.9 Å². The molecule has 0 atom stereocenters. The van der Waals surface area contributed by atoms with Crippen molar-refractivity contribution in [2.45, 2.75) is 13.8 Å². The van der Waals surface area contributed by atoms with Crippen molar-refractivity contribution < 1.29 is 14.3 Å². The Hall–Kier alpha value is -2.47. The topological polar surface area (TPSA) is 67.8 Å². The van der Waals surface area contributed by atoms with Crippen molar-refractivity contribution >= 4 is 28.9 Å². The van der Waals surface area contributed by atoms with Crippen LogP contribution in [-0.4, -0.2) is 17.6 Å². The Bertz CT molecular complexity index is 661. The predicted molar refractivity (Wildman–Crippen MR) is 81.7 cm³/mol. The molecule has 1 aromatic heterocycles. The van der Waals surface area contributed by atoms with E-state index >= 15 is 0 Å². The summed E-state index contributed by atoms with van der Waals surface area (Å²) in [7, 11) is 0. The van der Waals surface area contributed by atoms with Gasteiger partial charge in [-0.05, 0) is 48.2 Å². The van der Waals surface area contributed by atoms with Gasteiger partial charge in [0.25, 0.3) is 5.91 Å². The van der Waals surface area contributed by atoms with E-state index < -0.39 is 0 Å². The van der Waals surface area contributed by atoms with Gasteiger partial charge in [0.1, 0.15) is 5.75 Å². The van der Waals surface area contributed by atoms with Gasteiger partial charge < -0.3 is 4.74 Å². The normalized spacial score (nSPS) is 11.0. The summed E-state index contributed by atoms with van der Waals surface area (Å²) in [5.74, 6) is -0.126. The van der Waals surface area contributed by atoms with Crippen LogP contribution in [0.1, 0.15) is 29.1 Å². The van der Waals surface area contributed by atoms with Crippen LogP contribution in [0.15, 0.2) is 46.9 Å². The van der Waals surface area contributed by atoms with Crippen LogP contribution < -0.4 is 10.2 Å². The molecule has 1 N–H and O–H groups in total. The number of benzene rings is 1. The zero-order valence-electron chi connectivity index (χ0n) is 11.6. The lowest BCUT2D eigenvalue weighted by Crippen LogP contribution is -2.18. The maximum absolute atomic E-state index is 11.8. The Labute approximate surface area is 126 Å². The van der Waals surface area contributed by atoms with Gasteiger partial charge in [-0.15, -0.1) is 11.3 Å². The van der Waals surface area contributed by atoms with Crippen LogP contribution in [0.25, 0.3) is 0 Å². The van der Waals surface area contributed by atoms with Gasteiger partial charge in [0, 0.05) is 6.92 Å². The Kier molecular flexibility index (Phi) is 4.84. The number of carbonyl (C=O) groups excluding carboxylic acids is 2. The van der Waals surface area contributed by atoms with Gasteiger partial charge in [-0.1, -0.05) is 6.07 Å². The van der Waals surface area contributed by atoms with E-state index in [0.29, 0.717) is 16.3 Å². The highest BCUT2D eigenvalue weighted by atomic mass is 32.1. The van der Waals surface area contributed by atoms with E-state index in [1.54, 1.807) is 37.3 Å². The van der Waals surface area contributed by atoms with Gasteiger partial charge in [0.15, 0.2) is 0 Å². The second-order valence-electron chi connectivity index (χ2n) is 4.23. The maximum atomic E-state index is 11.8.